The van der Waals surface area contributed by atoms with Crippen LogP contribution in [0.15, 0.2) is 23.0 Å². The van der Waals surface area contributed by atoms with Crippen LogP contribution in [-0.2, 0) is 0 Å². The van der Waals surface area contributed by atoms with Gasteiger partial charge in [-0.25, -0.2) is 0 Å². The van der Waals surface area contributed by atoms with Gasteiger partial charge in [-0.15, -0.1) is 0 Å². The Balaban J connectivity index is 1.56. The first-order chi connectivity index (χ1) is 13.2. The second-order valence-electron chi connectivity index (χ2n) is 7.41. The van der Waals surface area contributed by atoms with Gasteiger partial charge in [0.1, 0.15) is 0 Å². The van der Waals surface area contributed by atoms with E-state index in [1.165, 1.54) is 51.4 Å². The second kappa shape index (κ2) is 9.63. The molecule has 1 aromatic heterocycles. The molecule has 1 aromatic carbocycles. The first-order valence-corrected chi connectivity index (χ1v) is 10.3. The van der Waals surface area contributed by atoms with Gasteiger partial charge in [0.25, 0.3) is 0 Å². The van der Waals surface area contributed by atoms with Crippen molar-refractivity contribution in [2.45, 2.75) is 71.6 Å². The first kappa shape index (κ1) is 19.5. The Hall–Kier alpha value is -2.23. The Labute approximate surface area is 161 Å². The smallest absolute Gasteiger partial charge is 0.231 e. The molecule has 2 heterocycles. The molecular weight excluding hydrogens is 338 g/mol. The molecule has 0 aliphatic carbocycles. The topological polar surface area (TPSA) is 51.3 Å². The van der Waals surface area contributed by atoms with Crippen LogP contribution in [0.25, 0.3) is 17.0 Å². The van der Waals surface area contributed by atoms with Crippen LogP contribution in [0.1, 0.15) is 76.0 Å². The number of unbranched alkanes of at least 4 members (excludes halogenated alkanes) is 8. The number of ether oxygens (including phenoxy) is 2. The third kappa shape index (κ3) is 4.94. The summed E-state index contributed by atoms with van der Waals surface area (Å²) in [6, 6.07) is 3.63. The number of hydrogen-bond donors (Lipinski definition) is 1. The summed E-state index contributed by atoms with van der Waals surface area (Å²) in [6.45, 7) is 4.41. The van der Waals surface area contributed by atoms with Crippen LogP contribution in [0.3, 0.4) is 0 Å². The molecule has 0 saturated carbocycles. The van der Waals surface area contributed by atoms with Crippen LogP contribution in [-0.4, -0.2) is 11.8 Å². The van der Waals surface area contributed by atoms with Crippen LogP contribution >= 0.6 is 0 Å². The average Bonchev–Trinajstić information content (AvgIpc) is 3.11. The number of H-pyrrole nitrogens is 1. The predicted octanol–water partition coefficient (Wildman–Crippen LogP) is 6.11. The van der Waals surface area contributed by atoms with Gasteiger partial charge < -0.3 is 14.5 Å². The summed E-state index contributed by atoms with van der Waals surface area (Å²) in [5.41, 5.74) is 2.47. The standard InChI is InChI=1S/C23H31NO3/c1-3-4-5-6-7-8-9-10-11-12-13-18-17(2)24-20-15-22-21(26-16-27-22)14-19(20)23(18)25/h12-15H,3-11,16H2,1-2H3,(H,24,25)/b13-12+. The SMILES string of the molecule is CCCCCCCCCC/C=C/c1c(C)[nH]c2cc3c(cc2c1=O)OCO3. The normalized spacial score (nSPS) is 13.1. The number of nitrogens with one attached hydrogen (secondary N) is 1. The molecule has 0 bridgehead atoms. The minimum atomic E-state index is 0.0479. The maximum atomic E-state index is 12.9. The quantitative estimate of drug-likeness (QED) is 0.514. The van der Waals surface area contributed by atoms with Gasteiger partial charge in [-0.3, -0.25) is 4.79 Å². The first-order valence-electron chi connectivity index (χ1n) is 10.3. The lowest BCUT2D eigenvalue weighted by Crippen LogP contribution is -2.09. The fourth-order valence-corrected chi connectivity index (χ4v) is 3.62. The molecule has 146 valence electrons. The maximum Gasteiger partial charge on any atom is 0.231 e. The molecule has 0 radical (unpaired) electrons. The van der Waals surface area contributed by atoms with E-state index in [-0.39, 0.29) is 12.2 Å². The Morgan fingerprint density at radius 3 is 2.41 bits per heavy atom. The van der Waals surface area contributed by atoms with Crippen molar-refractivity contribution in [2.75, 3.05) is 6.79 Å². The molecule has 4 heteroatoms. The molecular formula is C23H31NO3. The van der Waals surface area contributed by atoms with E-state index in [4.69, 9.17) is 9.47 Å². The van der Waals surface area contributed by atoms with Gasteiger partial charge in [-0.05, 0) is 25.8 Å². The molecule has 0 unspecified atom stereocenters. The number of aromatic nitrogens is 1. The minimum Gasteiger partial charge on any atom is -0.454 e. The zero-order chi connectivity index (χ0) is 19.1. The summed E-state index contributed by atoms with van der Waals surface area (Å²) >= 11 is 0. The molecule has 3 rings (SSSR count). The Kier molecular flexibility index (Phi) is 6.97. The van der Waals surface area contributed by atoms with Crippen LogP contribution in [0.5, 0.6) is 11.5 Å². The third-order valence-electron chi connectivity index (χ3n) is 5.24. The van der Waals surface area contributed by atoms with Gasteiger partial charge >= 0.3 is 0 Å². The number of pyridine rings is 1. The molecule has 0 saturated heterocycles. The van der Waals surface area contributed by atoms with Gasteiger partial charge in [-0.1, -0.05) is 64.0 Å². The van der Waals surface area contributed by atoms with Crippen molar-refractivity contribution in [1.82, 2.24) is 4.98 Å². The number of allylic oxidation sites excluding steroid dienone is 1. The Morgan fingerprint density at radius 2 is 1.67 bits per heavy atom. The zero-order valence-electron chi connectivity index (χ0n) is 16.6. The van der Waals surface area contributed by atoms with Crippen molar-refractivity contribution in [2.24, 2.45) is 0 Å². The van der Waals surface area contributed by atoms with Crippen LogP contribution < -0.4 is 14.9 Å². The Morgan fingerprint density at radius 1 is 1.00 bits per heavy atom. The monoisotopic (exact) mass is 369 g/mol. The largest absolute Gasteiger partial charge is 0.454 e. The van der Waals surface area contributed by atoms with E-state index in [1.54, 1.807) is 6.07 Å². The number of rotatable bonds is 10. The summed E-state index contributed by atoms with van der Waals surface area (Å²) in [4.78, 5) is 16.2. The lowest BCUT2D eigenvalue weighted by molar-refractivity contribution is 0.174. The van der Waals surface area contributed by atoms with Crippen molar-refractivity contribution >= 4 is 17.0 Å². The van der Waals surface area contributed by atoms with Crippen molar-refractivity contribution in [3.8, 4) is 11.5 Å². The van der Waals surface area contributed by atoms with Gasteiger partial charge in [0.15, 0.2) is 16.9 Å². The molecule has 1 aliphatic heterocycles. The lowest BCUT2D eigenvalue weighted by Gasteiger charge is -2.06. The molecule has 4 nitrogen and oxygen atoms in total. The van der Waals surface area contributed by atoms with Crippen LogP contribution in [0.4, 0.5) is 0 Å². The van der Waals surface area contributed by atoms with Crippen molar-refractivity contribution in [3.05, 3.63) is 39.7 Å². The fraction of sp³-hybridized carbons (Fsp3) is 0.522. The maximum absolute atomic E-state index is 12.9. The highest BCUT2D eigenvalue weighted by Gasteiger charge is 2.17. The van der Waals surface area contributed by atoms with Gasteiger partial charge in [0, 0.05) is 17.3 Å². The van der Waals surface area contributed by atoms with E-state index in [0.29, 0.717) is 16.9 Å². The van der Waals surface area contributed by atoms with Crippen molar-refractivity contribution in [3.63, 3.8) is 0 Å². The highest BCUT2D eigenvalue weighted by atomic mass is 16.7. The molecule has 2 aromatic rings. The van der Waals surface area contributed by atoms with Crippen molar-refractivity contribution in [1.29, 1.82) is 0 Å². The molecule has 0 spiro atoms. The second-order valence-corrected chi connectivity index (χ2v) is 7.41. The number of aryl methyl sites for hydroxylation is 1. The fourth-order valence-electron chi connectivity index (χ4n) is 3.62. The molecule has 0 amide bonds. The summed E-state index contributed by atoms with van der Waals surface area (Å²) in [6.07, 6.45) is 15.7. The zero-order valence-corrected chi connectivity index (χ0v) is 16.6. The van der Waals surface area contributed by atoms with Crippen LogP contribution in [0.2, 0.25) is 0 Å². The van der Waals surface area contributed by atoms with E-state index in [9.17, 15) is 4.79 Å². The molecule has 1 N–H and O–H groups in total. The number of fused-ring (bicyclic) bond motifs is 2. The van der Waals surface area contributed by atoms with E-state index in [0.717, 1.165) is 23.2 Å². The van der Waals surface area contributed by atoms with E-state index >= 15 is 0 Å². The molecule has 0 fully saturated rings. The summed E-state index contributed by atoms with van der Waals surface area (Å²) in [7, 11) is 0. The number of hydrogen-bond acceptors (Lipinski definition) is 3. The van der Waals surface area contributed by atoms with Crippen molar-refractivity contribution < 1.29 is 9.47 Å². The van der Waals surface area contributed by atoms with E-state index in [1.807, 2.05) is 19.1 Å². The van der Waals surface area contributed by atoms with Gasteiger partial charge in [-0.2, -0.15) is 0 Å². The summed E-state index contributed by atoms with van der Waals surface area (Å²) < 4.78 is 10.8. The highest BCUT2D eigenvalue weighted by Crippen LogP contribution is 2.34. The Bertz CT molecular complexity index is 851. The molecule has 27 heavy (non-hydrogen) atoms. The van der Waals surface area contributed by atoms with Crippen LogP contribution in [0, 0.1) is 6.92 Å². The van der Waals surface area contributed by atoms with Gasteiger partial charge in [0.2, 0.25) is 6.79 Å². The lowest BCUT2D eigenvalue weighted by atomic mass is 10.1. The summed E-state index contributed by atoms with van der Waals surface area (Å²) in [5.74, 6) is 1.33. The number of aromatic amines is 1. The predicted molar refractivity (Wildman–Crippen MR) is 112 cm³/mol. The molecule has 0 atom stereocenters. The summed E-state index contributed by atoms with van der Waals surface area (Å²) in [5, 5.41) is 0.650. The van der Waals surface area contributed by atoms with E-state index < -0.39 is 0 Å². The van der Waals surface area contributed by atoms with Gasteiger partial charge in [0.05, 0.1) is 10.9 Å². The molecule has 1 aliphatic rings. The highest BCUT2D eigenvalue weighted by molar-refractivity contribution is 5.85. The number of benzene rings is 1. The third-order valence-corrected chi connectivity index (χ3v) is 5.24. The van der Waals surface area contributed by atoms with E-state index in [2.05, 4.69) is 18.0 Å². The minimum absolute atomic E-state index is 0.0479. The average molecular weight is 370 g/mol.